The Morgan fingerprint density at radius 2 is 1.90 bits per heavy atom. The number of benzene rings is 2. The van der Waals surface area contributed by atoms with Crippen LogP contribution in [-0.4, -0.2) is 47.3 Å². The molecule has 2 heterocycles. The smallest absolute Gasteiger partial charge is 0.242 e. The molecule has 0 saturated carbocycles. The highest BCUT2D eigenvalue weighted by Crippen LogP contribution is 2.23. The molecule has 0 atom stereocenters. The normalized spacial score (nSPS) is 12.2. The van der Waals surface area contributed by atoms with E-state index in [1.807, 2.05) is 11.6 Å². The molecule has 0 spiro atoms. The average Bonchev–Trinajstić information content (AvgIpc) is 3.24. The molecule has 162 valence electrons. The molecule has 0 fully saturated rings. The third kappa shape index (κ3) is 4.04. The van der Waals surface area contributed by atoms with Crippen molar-refractivity contribution in [1.82, 2.24) is 18.8 Å². The van der Waals surface area contributed by atoms with Crippen LogP contribution in [0.1, 0.15) is 18.1 Å². The monoisotopic (exact) mass is 441 g/mol. The summed E-state index contributed by atoms with van der Waals surface area (Å²) >= 11 is 0. The van der Waals surface area contributed by atoms with Crippen LogP contribution in [0.15, 0.2) is 45.7 Å². The zero-order valence-electron chi connectivity index (χ0n) is 17.7. The van der Waals surface area contributed by atoms with Gasteiger partial charge in [-0.15, -0.1) is 0 Å². The van der Waals surface area contributed by atoms with E-state index < -0.39 is 10.0 Å². The topological polar surface area (TPSA) is 110 Å². The minimum Gasteiger partial charge on any atom is -0.441 e. The molecule has 1 amide bonds. The number of rotatable bonds is 6. The van der Waals surface area contributed by atoms with Crippen molar-refractivity contribution in [2.45, 2.75) is 24.7 Å². The molecular weight excluding hydrogens is 418 g/mol. The number of hydrogen-bond donors (Lipinski definition) is 1. The lowest BCUT2D eigenvalue weighted by Gasteiger charge is -2.10. The Hall–Kier alpha value is -3.24. The van der Waals surface area contributed by atoms with E-state index in [1.165, 1.54) is 18.4 Å². The number of oxazole rings is 1. The number of anilines is 1. The predicted molar refractivity (Wildman–Crippen MR) is 117 cm³/mol. The van der Waals surface area contributed by atoms with Crippen LogP contribution in [0.3, 0.4) is 0 Å². The number of carbonyl (C=O) groups is 1. The molecule has 0 unspecified atom stereocenters. The van der Waals surface area contributed by atoms with Gasteiger partial charge in [-0.25, -0.2) is 22.7 Å². The summed E-state index contributed by atoms with van der Waals surface area (Å²) in [7, 11) is 1.29. The maximum absolute atomic E-state index is 12.4. The number of sulfonamides is 1. The van der Waals surface area contributed by atoms with Gasteiger partial charge in [0.15, 0.2) is 11.5 Å². The van der Waals surface area contributed by atoms with Crippen molar-refractivity contribution in [1.29, 1.82) is 0 Å². The van der Waals surface area contributed by atoms with Gasteiger partial charge < -0.3 is 14.3 Å². The molecule has 31 heavy (non-hydrogen) atoms. The minimum absolute atomic E-state index is 0.150. The number of aryl methyl sites for hydroxylation is 3. The predicted octanol–water partition coefficient (Wildman–Crippen LogP) is 2.84. The lowest BCUT2D eigenvalue weighted by molar-refractivity contribution is -0.116. The van der Waals surface area contributed by atoms with Crippen LogP contribution in [-0.2, 0) is 28.3 Å². The largest absolute Gasteiger partial charge is 0.441 e. The zero-order valence-corrected chi connectivity index (χ0v) is 18.5. The summed E-state index contributed by atoms with van der Waals surface area (Å²) in [5, 5.41) is 2.87. The van der Waals surface area contributed by atoms with E-state index in [0.29, 0.717) is 40.4 Å². The molecule has 0 aliphatic rings. The van der Waals surface area contributed by atoms with Gasteiger partial charge in [0.05, 0.1) is 15.9 Å². The molecule has 0 aliphatic heterocycles. The van der Waals surface area contributed by atoms with Crippen molar-refractivity contribution in [2.24, 2.45) is 7.05 Å². The number of hydrogen-bond acceptors (Lipinski definition) is 6. The lowest BCUT2D eigenvalue weighted by atomic mass is 10.2. The average molecular weight is 442 g/mol. The summed E-state index contributed by atoms with van der Waals surface area (Å²) in [6.45, 7) is 1.77. The molecule has 0 saturated heterocycles. The number of imidazole rings is 1. The van der Waals surface area contributed by atoms with Crippen LogP contribution in [0, 0.1) is 6.92 Å². The summed E-state index contributed by atoms with van der Waals surface area (Å²) in [5.41, 5.74) is 3.39. The van der Waals surface area contributed by atoms with Crippen LogP contribution < -0.4 is 5.32 Å². The Labute approximate surface area is 179 Å². The quantitative estimate of drug-likeness (QED) is 0.493. The van der Waals surface area contributed by atoms with E-state index in [0.717, 1.165) is 5.52 Å². The van der Waals surface area contributed by atoms with Crippen molar-refractivity contribution in [3.63, 3.8) is 0 Å². The second kappa shape index (κ2) is 7.78. The summed E-state index contributed by atoms with van der Waals surface area (Å²) in [4.78, 5) is 21.4. The molecule has 10 heteroatoms. The van der Waals surface area contributed by atoms with Gasteiger partial charge in [-0.3, -0.25) is 4.79 Å². The number of nitrogens with zero attached hydrogens (tertiary/aromatic N) is 4. The molecule has 4 aromatic rings. The fraction of sp³-hybridized carbons (Fsp3) is 0.286. The van der Waals surface area contributed by atoms with Crippen molar-refractivity contribution < 1.29 is 17.6 Å². The second-order valence-corrected chi connectivity index (χ2v) is 9.64. The fourth-order valence-electron chi connectivity index (χ4n) is 3.39. The third-order valence-electron chi connectivity index (χ3n) is 5.08. The highest BCUT2D eigenvalue weighted by molar-refractivity contribution is 7.89. The molecular formula is C21H23N5O4S. The molecule has 2 aromatic carbocycles. The maximum Gasteiger partial charge on any atom is 0.242 e. The van der Waals surface area contributed by atoms with Gasteiger partial charge >= 0.3 is 0 Å². The molecule has 9 nitrogen and oxygen atoms in total. The van der Waals surface area contributed by atoms with Crippen LogP contribution in [0.4, 0.5) is 5.69 Å². The highest BCUT2D eigenvalue weighted by atomic mass is 32.2. The summed E-state index contributed by atoms with van der Waals surface area (Å²) in [5.74, 6) is 1.12. The fourth-order valence-corrected chi connectivity index (χ4v) is 4.32. The molecule has 0 bridgehead atoms. The van der Waals surface area contributed by atoms with Gasteiger partial charge in [0, 0.05) is 46.6 Å². The SMILES string of the molecule is Cc1nc2cc(NC(=O)CCc3nc4cc(S(=O)(=O)N(C)C)ccc4n3C)ccc2o1. The van der Waals surface area contributed by atoms with E-state index in [1.54, 1.807) is 43.3 Å². The van der Waals surface area contributed by atoms with Crippen molar-refractivity contribution in [3.8, 4) is 0 Å². The zero-order chi connectivity index (χ0) is 22.3. The number of nitrogens with one attached hydrogen (secondary N) is 1. The third-order valence-corrected chi connectivity index (χ3v) is 6.89. The van der Waals surface area contributed by atoms with Crippen LogP contribution >= 0.6 is 0 Å². The van der Waals surface area contributed by atoms with Gasteiger partial charge in [0.1, 0.15) is 11.3 Å². The van der Waals surface area contributed by atoms with E-state index in [2.05, 4.69) is 15.3 Å². The first-order valence-corrected chi connectivity index (χ1v) is 11.1. The minimum atomic E-state index is -3.54. The van der Waals surface area contributed by atoms with Crippen molar-refractivity contribution in [3.05, 3.63) is 48.1 Å². The first-order chi connectivity index (χ1) is 14.6. The standard InChI is InChI=1S/C21H23N5O4S/c1-13-22-17-11-14(5-8-19(17)30-13)23-21(27)10-9-20-24-16-12-15(31(28,29)25(2)3)6-7-18(16)26(20)4/h5-8,11-12H,9-10H2,1-4H3,(H,23,27). The molecule has 2 aromatic heterocycles. The van der Waals surface area contributed by atoms with E-state index in [4.69, 9.17) is 4.42 Å². The van der Waals surface area contributed by atoms with Crippen molar-refractivity contribution in [2.75, 3.05) is 19.4 Å². The Balaban J connectivity index is 1.48. The maximum atomic E-state index is 12.4. The van der Waals surface area contributed by atoms with Gasteiger partial charge in [-0.2, -0.15) is 0 Å². The number of fused-ring (bicyclic) bond motifs is 2. The lowest BCUT2D eigenvalue weighted by Crippen LogP contribution is -2.22. The first-order valence-electron chi connectivity index (χ1n) is 9.70. The van der Waals surface area contributed by atoms with Crippen LogP contribution in [0.25, 0.3) is 22.1 Å². The molecule has 4 rings (SSSR count). The van der Waals surface area contributed by atoms with Crippen LogP contribution in [0.2, 0.25) is 0 Å². The Morgan fingerprint density at radius 1 is 1.13 bits per heavy atom. The summed E-state index contributed by atoms with van der Waals surface area (Å²) in [6.07, 6.45) is 0.647. The molecule has 0 aliphatic carbocycles. The van der Waals surface area contributed by atoms with Gasteiger partial charge in [-0.05, 0) is 36.4 Å². The van der Waals surface area contributed by atoms with E-state index in [9.17, 15) is 13.2 Å². The van der Waals surface area contributed by atoms with Gasteiger partial charge in [-0.1, -0.05) is 0 Å². The number of aromatic nitrogens is 3. The Morgan fingerprint density at radius 3 is 2.65 bits per heavy atom. The Bertz CT molecular complexity index is 1400. The van der Waals surface area contributed by atoms with E-state index in [-0.39, 0.29) is 17.2 Å². The van der Waals surface area contributed by atoms with Crippen molar-refractivity contribution >= 4 is 43.8 Å². The summed E-state index contributed by atoms with van der Waals surface area (Å²) in [6, 6.07) is 10.2. The number of carbonyl (C=O) groups excluding carboxylic acids is 1. The Kier molecular flexibility index (Phi) is 5.28. The number of amides is 1. The first kappa shape index (κ1) is 21.0. The highest BCUT2D eigenvalue weighted by Gasteiger charge is 2.19. The molecule has 0 radical (unpaired) electrons. The molecule has 1 N–H and O–H groups in total. The second-order valence-electron chi connectivity index (χ2n) is 7.49. The van der Waals surface area contributed by atoms with E-state index >= 15 is 0 Å². The summed E-state index contributed by atoms with van der Waals surface area (Å²) < 4.78 is 33.2. The van der Waals surface area contributed by atoms with Gasteiger partial charge in [0.25, 0.3) is 0 Å². The van der Waals surface area contributed by atoms with Crippen LogP contribution in [0.5, 0.6) is 0 Å². The van der Waals surface area contributed by atoms with Gasteiger partial charge in [0.2, 0.25) is 15.9 Å².